The van der Waals surface area contributed by atoms with Crippen LogP contribution in [0.5, 0.6) is 0 Å². The van der Waals surface area contributed by atoms with Gasteiger partial charge in [0.1, 0.15) is 6.04 Å². The third-order valence-corrected chi connectivity index (χ3v) is 4.59. The van der Waals surface area contributed by atoms with Crippen LogP contribution in [0.15, 0.2) is 0 Å². The lowest BCUT2D eigenvalue weighted by Gasteiger charge is -2.16. The largest absolute Gasteiger partial charge is 0.464 e. The van der Waals surface area contributed by atoms with E-state index in [-0.39, 0.29) is 25.4 Å². The molecule has 6 nitrogen and oxygen atoms in total. The molecule has 0 bridgehead atoms. The van der Waals surface area contributed by atoms with Gasteiger partial charge < -0.3 is 15.8 Å². The van der Waals surface area contributed by atoms with Gasteiger partial charge in [-0.1, -0.05) is 71.1 Å². The molecule has 0 rings (SSSR count). The summed E-state index contributed by atoms with van der Waals surface area (Å²) in [6.07, 6.45) is 14.1. The fourth-order valence-corrected chi connectivity index (χ4v) is 2.99. The van der Waals surface area contributed by atoms with Crippen molar-refractivity contribution in [1.82, 2.24) is 5.32 Å². The SMILES string of the molecule is CCCCCCCCCCCCCC(=O)N[C@@H](CCC(N)=O)C(=O)OCC. The molecule has 0 aromatic rings. The van der Waals surface area contributed by atoms with Gasteiger partial charge in [-0.2, -0.15) is 0 Å². The summed E-state index contributed by atoms with van der Waals surface area (Å²) in [5.41, 5.74) is 5.12. The minimum atomic E-state index is -0.794. The molecule has 0 aromatic heterocycles. The first-order valence-electron chi connectivity index (χ1n) is 10.8. The van der Waals surface area contributed by atoms with Crippen molar-refractivity contribution in [3.05, 3.63) is 0 Å². The Hall–Kier alpha value is -1.59. The number of carbonyl (C=O) groups excluding carboxylic acids is 3. The van der Waals surface area contributed by atoms with Crippen molar-refractivity contribution in [2.75, 3.05) is 6.61 Å². The van der Waals surface area contributed by atoms with E-state index in [1.165, 1.54) is 51.4 Å². The minimum absolute atomic E-state index is 0.0439. The van der Waals surface area contributed by atoms with Gasteiger partial charge in [0.15, 0.2) is 0 Å². The number of hydrogen-bond donors (Lipinski definition) is 2. The lowest BCUT2D eigenvalue weighted by Crippen LogP contribution is -2.42. The zero-order chi connectivity index (χ0) is 20.3. The molecule has 3 N–H and O–H groups in total. The zero-order valence-corrected chi connectivity index (χ0v) is 17.4. The highest BCUT2D eigenvalue weighted by Crippen LogP contribution is 2.12. The van der Waals surface area contributed by atoms with Gasteiger partial charge in [0, 0.05) is 12.8 Å². The Morgan fingerprint density at radius 2 is 1.33 bits per heavy atom. The Balaban J connectivity index is 3.79. The topological polar surface area (TPSA) is 98.5 Å². The molecule has 0 aromatic carbocycles. The van der Waals surface area contributed by atoms with Crippen molar-refractivity contribution in [3.8, 4) is 0 Å². The second-order valence-corrected chi connectivity index (χ2v) is 7.16. The Kier molecular flexibility index (Phi) is 16.8. The van der Waals surface area contributed by atoms with E-state index in [0.29, 0.717) is 6.42 Å². The molecule has 0 spiro atoms. The Bertz CT molecular complexity index is 413. The van der Waals surface area contributed by atoms with Crippen molar-refractivity contribution in [3.63, 3.8) is 0 Å². The summed E-state index contributed by atoms with van der Waals surface area (Å²) in [6, 6.07) is -0.794. The maximum absolute atomic E-state index is 12.0. The second-order valence-electron chi connectivity index (χ2n) is 7.16. The van der Waals surface area contributed by atoms with Gasteiger partial charge in [-0.25, -0.2) is 4.79 Å². The second kappa shape index (κ2) is 17.8. The summed E-state index contributed by atoms with van der Waals surface area (Å²) >= 11 is 0. The molecule has 2 amide bonds. The minimum Gasteiger partial charge on any atom is -0.464 e. The molecule has 0 fully saturated rings. The summed E-state index contributed by atoms with van der Waals surface area (Å²) in [5, 5.41) is 2.67. The van der Waals surface area contributed by atoms with Gasteiger partial charge in [-0.15, -0.1) is 0 Å². The van der Waals surface area contributed by atoms with Crippen molar-refractivity contribution in [2.45, 2.75) is 110 Å². The molecule has 0 aliphatic carbocycles. The van der Waals surface area contributed by atoms with E-state index in [0.717, 1.165) is 19.3 Å². The summed E-state index contributed by atoms with van der Waals surface area (Å²) in [5.74, 6) is -1.18. The number of ether oxygens (including phenoxy) is 1. The van der Waals surface area contributed by atoms with E-state index in [4.69, 9.17) is 10.5 Å². The molecule has 27 heavy (non-hydrogen) atoms. The predicted octanol–water partition coefficient (Wildman–Crippen LogP) is 4.00. The molecule has 0 saturated heterocycles. The van der Waals surface area contributed by atoms with Crippen LogP contribution in [0.1, 0.15) is 104 Å². The average molecular weight is 385 g/mol. The predicted molar refractivity (Wildman–Crippen MR) is 108 cm³/mol. The lowest BCUT2D eigenvalue weighted by molar-refractivity contribution is -0.147. The number of unbranched alkanes of at least 4 members (excludes halogenated alkanes) is 10. The van der Waals surface area contributed by atoms with Crippen molar-refractivity contribution < 1.29 is 19.1 Å². The fraction of sp³-hybridized carbons (Fsp3) is 0.857. The molecule has 0 unspecified atom stereocenters. The molecule has 0 aliphatic rings. The van der Waals surface area contributed by atoms with Crippen molar-refractivity contribution in [1.29, 1.82) is 0 Å². The van der Waals surface area contributed by atoms with Crippen LogP contribution in [0.3, 0.4) is 0 Å². The molecule has 0 heterocycles. The highest BCUT2D eigenvalue weighted by Gasteiger charge is 2.22. The van der Waals surface area contributed by atoms with E-state index in [9.17, 15) is 14.4 Å². The van der Waals surface area contributed by atoms with Gasteiger partial charge in [-0.3, -0.25) is 9.59 Å². The Morgan fingerprint density at radius 1 is 0.815 bits per heavy atom. The maximum Gasteiger partial charge on any atom is 0.328 e. The number of esters is 1. The highest BCUT2D eigenvalue weighted by atomic mass is 16.5. The van der Waals surface area contributed by atoms with Gasteiger partial charge in [-0.05, 0) is 19.8 Å². The number of rotatable bonds is 18. The number of amides is 2. The molecular weight excluding hydrogens is 344 g/mol. The molecule has 0 saturated carbocycles. The van der Waals surface area contributed by atoms with Crippen LogP contribution in [0.2, 0.25) is 0 Å². The normalized spacial score (nSPS) is 11.8. The van der Waals surface area contributed by atoms with E-state index in [1.807, 2.05) is 0 Å². The Morgan fingerprint density at radius 3 is 1.81 bits per heavy atom. The van der Waals surface area contributed by atoms with Crippen molar-refractivity contribution >= 4 is 17.8 Å². The molecule has 6 heteroatoms. The average Bonchev–Trinajstić information content (AvgIpc) is 2.63. The third-order valence-electron chi connectivity index (χ3n) is 4.59. The number of nitrogens with two attached hydrogens (primary N) is 1. The number of hydrogen-bond acceptors (Lipinski definition) is 4. The molecule has 1 atom stereocenters. The summed E-state index contributed by atoms with van der Waals surface area (Å²) in [6.45, 7) is 4.18. The first kappa shape index (κ1) is 25.4. The molecule has 0 aliphatic heterocycles. The van der Waals surface area contributed by atoms with Gasteiger partial charge in [0.05, 0.1) is 6.61 Å². The van der Waals surface area contributed by atoms with Crippen LogP contribution in [0, 0.1) is 0 Å². The van der Waals surface area contributed by atoms with Crippen LogP contribution >= 0.6 is 0 Å². The van der Waals surface area contributed by atoms with Crippen LogP contribution < -0.4 is 11.1 Å². The van der Waals surface area contributed by atoms with Crippen LogP contribution in [0.4, 0.5) is 0 Å². The number of carbonyl (C=O) groups is 3. The standard InChI is InChI=1S/C21H40N2O4/c1-3-5-6-7-8-9-10-11-12-13-14-15-20(25)23-18(16-17-19(22)24)21(26)27-4-2/h18H,3-17H2,1-2H3,(H2,22,24)(H,23,25)/t18-/m0/s1. The molecular formula is C21H40N2O4. The first-order chi connectivity index (χ1) is 13.0. The van der Waals surface area contributed by atoms with E-state index in [2.05, 4.69) is 12.2 Å². The monoisotopic (exact) mass is 384 g/mol. The van der Waals surface area contributed by atoms with E-state index >= 15 is 0 Å². The third kappa shape index (κ3) is 16.3. The lowest BCUT2D eigenvalue weighted by atomic mass is 10.0. The van der Waals surface area contributed by atoms with E-state index < -0.39 is 17.9 Å². The Labute approximate surface area is 165 Å². The van der Waals surface area contributed by atoms with Gasteiger partial charge in [0.2, 0.25) is 11.8 Å². The van der Waals surface area contributed by atoms with Crippen LogP contribution in [0.25, 0.3) is 0 Å². The quantitative estimate of drug-likeness (QED) is 0.276. The van der Waals surface area contributed by atoms with Crippen LogP contribution in [-0.2, 0) is 19.1 Å². The zero-order valence-electron chi connectivity index (χ0n) is 17.4. The summed E-state index contributed by atoms with van der Waals surface area (Å²) < 4.78 is 4.94. The highest BCUT2D eigenvalue weighted by molar-refractivity contribution is 5.85. The maximum atomic E-state index is 12.0. The van der Waals surface area contributed by atoms with E-state index in [1.54, 1.807) is 6.92 Å². The smallest absolute Gasteiger partial charge is 0.328 e. The van der Waals surface area contributed by atoms with Gasteiger partial charge in [0.25, 0.3) is 0 Å². The summed E-state index contributed by atoms with van der Waals surface area (Å²) in [4.78, 5) is 34.8. The molecule has 0 radical (unpaired) electrons. The number of nitrogens with one attached hydrogen (secondary N) is 1. The van der Waals surface area contributed by atoms with Gasteiger partial charge >= 0.3 is 5.97 Å². The fourth-order valence-electron chi connectivity index (χ4n) is 2.99. The molecule has 158 valence electrons. The van der Waals surface area contributed by atoms with Crippen molar-refractivity contribution in [2.24, 2.45) is 5.73 Å². The summed E-state index contributed by atoms with van der Waals surface area (Å²) in [7, 11) is 0. The number of primary amides is 1. The first-order valence-corrected chi connectivity index (χ1v) is 10.8. The van der Waals surface area contributed by atoms with Crippen LogP contribution in [-0.4, -0.2) is 30.4 Å².